The van der Waals surface area contributed by atoms with Crippen molar-refractivity contribution in [1.82, 2.24) is 4.90 Å². The lowest BCUT2D eigenvalue weighted by Crippen LogP contribution is -2.38. The number of halogens is 1. The molecule has 1 aromatic rings. The maximum Gasteiger partial charge on any atom is 0.303 e. The van der Waals surface area contributed by atoms with E-state index in [2.05, 4.69) is 0 Å². The number of hydrogen-bond donors (Lipinski definition) is 1. The van der Waals surface area contributed by atoms with Crippen LogP contribution in [0.15, 0.2) is 24.3 Å². The minimum atomic E-state index is -0.743. The third-order valence-corrected chi connectivity index (χ3v) is 4.45. The highest BCUT2D eigenvalue weighted by Crippen LogP contribution is 2.21. The van der Waals surface area contributed by atoms with Crippen molar-refractivity contribution in [1.29, 1.82) is 0 Å². The van der Waals surface area contributed by atoms with Crippen molar-refractivity contribution in [3.63, 3.8) is 0 Å². The van der Waals surface area contributed by atoms with Crippen molar-refractivity contribution < 1.29 is 14.7 Å². The van der Waals surface area contributed by atoms with Gasteiger partial charge >= 0.3 is 5.97 Å². The van der Waals surface area contributed by atoms with Crippen molar-refractivity contribution in [3.8, 4) is 0 Å². The second-order valence-electron chi connectivity index (χ2n) is 5.90. The lowest BCUT2D eigenvalue weighted by molar-refractivity contribution is -0.138. The molecule has 0 saturated carbocycles. The first-order chi connectivity index (χ1) is 10.5. The van der Waals surface area contributed by atoms with Gasteiger partial charge in [-0.3, -0.25) is 9.59 Å². The molecule has 0 atom stereocenters. The molecule has 0 unspecified atom stereocenters. The Morgan fingerprint density at radius 1 is 1.18 bits per heavy atom. The molecule has 0 spiro atoms. The van der Waals surface area contributed by atoms with Gasteiger partial charge in [-0.15, -0.1) is 0 Å². The maximum atomic E-state index is 12.2. The fourth-order valence-corrected chi connectivity index (χ4v) is 3.01. The van der Waals surface area contributed by atoms with Crippen LogP contribution in [0.5, 0.6) is 0 Å². The third kappa shape index (κ3) is 5.34. The predicted molar refractivity (Wildman–Crippen MR) is 85.9 cm³/mol. The van der Waals surface area contributed by atoms with Crippen molar-refractivity contribution in [2.75, 3.05) is 13.1 Å². The highest BCUT2D eigenvalue weighted by atomic mass is 35.5. The van der Waals surface area contributed by atoms with Gasteiger partial charge in [-0.2, -0.15) is 0 Å². The van der Waals surface area contributed by atoms with E-state index in [4.69, 9.17) is 16.7 Å². The molecule has 1 aliphatic rings. The number of carboxylic acid groups (broad SMARTS) is 1. The standard InChI is InChI=1S/C17H22ClNO3/c18-15-6-4-13(5-7-15)2-1-3-16(20)19-10-8-14(9-11-19)12-17(21)22/h4-7,14H,1-3,8-12H2,(H,21,22). The highest BCUT2D eigenvalue weighted by Gasteiger charge is 2.23. The number of nitrogens with zero attached hydrogens (tertiary/aromatic N) is 1. The summed E-state index contributed by atoms with van der Waals surface area (Å²) in [5.41, 5.74) is 1.19. The lowest BCUT2D eigenvalue weighted by atomic mass is 9.93. The molecule has 2 rings (SSSR count). The number of hydrogen-bond acceptors (Lipinski definition) is 2. The number of rotatable bonds is 6. The summed E-state index contributed by atoms with van der Waals surface area (Å²) in [5, 5.41) is 9.52. The molecular formula is C17H22ClNO3. The van der Waals surface area contributed by atoms with Gasteiger partial charge in [-0.25, -0.2) is 0 Å². The molecule has 22 heavy (non-hydrogen) atoms. The Morgan fingerprint density at radius 3 is 2.41 bits per heavy atom. The smallest absolute Gasteiger partial charge is 0.303 e. The van der Waals surface area contributed by atoms with Crippen molar-refractivity contribution >= 4 is 23.5 Å². The second-order valence-corrected chi connectivity index (χ2v) is 6.34. The number of aryl methyl sites for hydroxylation is 1. The number of piperidine rings is 1. The van der Waals surface area contributed by atoms with Gasteiger partial charge in [-0.05, 0) is 49.3 Å². The molecule has 1 aliphatic heterocycles. The zero-order valence-electron chi connectivity index (χ0n) is 12.6. The summed E-state index contributed by atoms with van der Waals surface area (Å²) in [5.74, 6) is -0.342. The first kappa shape index (κ1) is 16.8. The van der Waals surface area contributed by atoms with E-state index in [1.54, 1.807) is 0 Å². The van der Waals surface area contributed by atoms with Crippen LogP contribution < -0.4 is 0 Å². The van der Waals surface area contributed by atoms with Crippen LogP contribution >= 0.6 is 11.6 Å². The number of benzene rings is 1. The Kier molecular flexibility index (Phi) is 6.25. The summed E-state index contributed by atoms with van der Waals surface area (Å²) in [7, 11) is 0. The van der Waals surface area contributed by atoms with Crippen LogP contribution in [-0.4, -0.2) is 35.0 Å². The zero-order chi connectivity index (χ0) is 15.9. The molecule has 1 amide bonds. The molecule has 1 heterocycles. The molecule has 5 heteroatoms. The average molecular weight is 324 g/mol. The van der Waals surface area contributed by atoms with Crippen LogP contribution in [0.3, 0.4) is 0 Å². The van der Waals surface area contributed by atoms with Gasteiger partial charge in [0.15, 0.2) is 0 Å². The summed E-state index contributed by atoms with van der Waals surface area (Å²) in [6.07, 6.45) is 4.07. The Hall–Kier alpha value is -1.55. The summed E-state index contributed by atoms with van der Waals surface area (Å²) < 4.78 is 0. The SMILES string of the molecule is O=C(O)CC1CCN(C(=O)CCCc2ccc(Cl)cc2)CC1. The molecule has 1 N–H and O–H groups in total. The lowest BCUT2D eigenvalue weighted by Gasteiger charge is -2.31. The van der Waals surface area contributed by atoms with Crippen LogP contribution in [0.1, 0.15) is 37.7 Å². The zero-order valence-corrected chi connectivity index (χ0v) is 13.4. The molecule has 0 aromatic heterocycles. The molecular weight excluding hydrogens is 302 g/mol. The van der Waals surface area contributed by atoms with E-state index in [1.807, 2.05) is 29.2 Å². The summed E-state index contributed by atoms with van der Waals surface area (Å²) >= 11 is 5.84. The van der Waals surface area contributed by atoms with E-state index in [0.29, 0.717) is 19.5 Å². The molecule has 4 nitrogen and oxygen atoms in total. The highest BCUT2D eigenvalue weighted by molar-refractivity contribution is 6.30. The first-order valence-electron chi connectivity index (χ1n) is 7.78. The second kappa shape index (κ2) is 8.18. The molecule has 120 valence electrons. The van der Waals surface area contributed by atoms with Crippen molar-refractivity contribution in [2.24, 2.45) is 5.92 Å². The minimum Gasteiger partial charge on any atom is -0.481 e. The summed E-state index contributed by atoms with van der Waals surface area (Å²) in [4.78, 5) is 24.7. The van der Waals surface area contributed by atoms with Crippen molar-refractivity contribution in [3.05, 3.63) is 34.9 Å². The van der Waals surface area contributed by atoms with Gasteiger partial charge in [-0.1, -0.05) is 23.7 Å². The number of aliphatic carboxylic acids is 1. The van der Waals surface area contributed by atoms with E-state index < -0.39 is 5.97 Å². The van der Waals surface area contributed by atoms with E-state index in [-0.39, 0.29) is 18.2 Å². The molecule has 0 bridgehead atoms. The number of amides is 1. The Morgan fingerprint density at radius 2 is 1.82 bits per heavy atom. The Labute approximate surface area is 136 Å². The maximum absolute atomic E-state index is 12.2. The number of carboxylic acids is 1. The number of carbonyl (C=O) groups excluding carboxylic acids is 1. The topological polar surface area (TPSA) is 57.6 Å². The molecule has 0 aliphatic carbocycles. The average Bonchev–Trinajstić information content (AvgIpc) is 2.49. The Bertz CT molecular complexity index is 507. The van der Waals surface area contributed by atoms with Gasteiger partial charge in [0.25, 0.3) is 0 Å². The molecule has 0 radical (unpaired) electrons. The van der Waals surface area contributed by atoms with E-state index in [9.17, 15) is 9.59 Å². The van der Waals surface area contributed by atoms with Crippen LogP contribution in [0.4, 0.5) is 0 Å². The molecule has 1 aromatic carbocycles. The van der Waals surface area contributed by atoms with Crippen LogP contribution in [0, 0.1) is 5.92 Å². The largest absolute Gasteiger partial charge is 0.481 e. The van der Waals surface area contributed by atoms with Crippen LogP contribution in [0.2, 0.25) is 5.02 Å². The Balaban J connectivity index is 1.68. The van der Waals surface area contributed by atoms with Gasteiger partial charge in [0.05, 0.1) is 0 Å². The number of carbonyl (C=O) groups is 2. The van der Waals surface area contributed by atoms with E-state index >= 15 is 0 Å². The molecule has 1 fully saturated rings. The third-order valence-electron chi connectivity index (χ3n) is 4.20. The van der Waals surface area contributed by atoms with Gasteiger partial charge < -0.3 is 10.0 Å². The van der Waals surface area contributed by atoms with Gasteiger partial charge in [0.2, 0.25) is 5.91 Å². The molecule has 1 saturated heterocycles. The van der Waals surface area contributed by atoms with Gasteiger partial charge in [0, 0.05) is 31.0 Å². The fraction of sp³-hybridized carbons (Fsp3) is 0.529. The van der Waals surface area contributed by atoms with Crippen LogP contribution in [-0.2, 0) is 16.0 Å². The quantitative estimate of drug-likeness (QED) is 0.873. The fourth-order valence-electron chi connectivity index (χ4n) is 2.89. The van der Waals surface area contributed by atoms with E-state index in [1.165, 1.54) is 5.56 Å². The van der Waals surface area contributed by atoms with Gasteiger partial charge in [0.1, 0.15) is 0 Å². The number of likely N-dealkylation sites (tertiary alicyclic amines) is 1. The van der Waals surface area contributed by atoms with E-state index in [0.717, 1.165) is 30.7 Å². The normalized spacial score (nSPS) is 15.8. The van der Waals surface area contributed by atoms with Crippen molar-refractivity contribution in [2.45, 2.75) is 38.5 Å². The first-order valence-corrected chi connectivity index (χ1v) is 8.16. The summed E-state index contributed by atoms with van der Waals surface area (Å²) in [6.45, 7) is 1.38. The minimum absolute atomic E-state index is 0.183. The monoisotopic (exact) mass is 323 g/mol. The van der Waals surface area contributed by atoms with Crippen LogP contribution in [0.25, 0.3) is 0 Å². The predicted octanol–water partition coefficient (Wildman–Crippen LogP) is 3.38. The summed E-state index contributed by atoms with van der Waals surface area (Å²) in [6, 6.07) is 7.71.